The third-order valence-electron chi connectivity index (χ3n) is 3.78. The number of imidazole rings is 1. The van der Waals surface area contributed by atoms with Crippen LogP contribution in [0.2, 0.25) is 0 Å². The predicted octanol–water partition coefficient (Wildman–Crippen LogP) is 3.90. The molecule has 0 N–H and O–H groups in total. The van der Waals surface area contributed by atoms with Gasteiger partial charge in [0.05, 0.1) is 24.0 Å². The lowest BCUT2D eigenvalue weighted by atomic mass is 10.2. The fourth-order valence-electron chi connectivity index (χ4n) is 2.92. The smallest absolute Gasteiger partial charge is 0.125 e. The Balaban J connectivity index is 2.15. The highest BCUT2D eigenvalue weighted by molar-refractivity contribution is 6.16. The molecular formula is C14H17ClN2O. The third kappa shape index (κ3) is 1.87. The molecule has 1 fully saturated rings. The highest BCUT2D eigenvalue weighted by Crippen LogP contribution is 2.34. The normalized spacial score (nSPS) is 16.6. The topological polar surface area (TPSA) is 27.1 Å². The van der Waals surface area contributed by atoms with E-state index in [1.54, 1.807) is 7.11 Å². The lowest BCUT2D eigenvalue weighted by Gasteiger charge is -2.15. The zero-order valence-corrected chi connectivity index (χ0v) is 11.3. The molecule has 0 saturated heterocycles. The number of halogens is 1. The van der Waals surface area contributed by atoms with Gasteiger partial charge in [0.1, 0.15) is 11.6 Å². The zero-order chi connectivity index (χ0) is 12.5. The van der Waals surface area contributed by atoms with Gasteiger partial charge in [-0.15, -0.1) is 11.6 Å². The quantitative estimate of drug-likeness (QED) is 0.786. The molecule has 0 bridgehead atoms. The molecule has 1 aliphatic rings. The Bertz CT molecular complexity index is 558. The number of aromatic nitrogens is 2. The molecule has 0 aliphatic heterocycles. The van der Waals surface area contributed by atoms with Crippen molar-refractivity contribution < 1.29 is 4.74 Å². The first-order valence-corrected chi connectivity index (χ1v) is 6.97. The number of rotatable bonds is 3. The standard InChI is InChI=1S/C14H17ClN2O/c1-18-11-6-7-13-12(8-11)16-14(9-15)17(13)10-4-2-3-5-10/h6-8,10H,2-5,9H2,1H3. The van der Waals surface area contributed by atoms with Gasteiger partial charge in [0.2, 0.25) is 0 Å². The van der Waals surface area contributed by atoms with Crippen molar-refractivity contribution in [1.82, 2.24) is 9.55 Å². The van der Waals surface area contributed by atoms with Crippen LogP contribution in [0, 0.1) is 0 Å². The van der Waals surface area contributed by atoms with Gasteiger partial charge in [-0.25, -0.2) is 4.98 Å². The monoisotopic (exact) mass is 264 g/mol. The van der Waals surface area contributed by atoms with Crippen LogP contribution in [0.3, 0.4) is 0 Å². The Morgan fingerprint density at radius 1 is 1.39 bits per heavy atom. The average molecular weight is 265 g/mol. The Hall–Kier alpha value is -1.22. The number of fused-ring (bicyclic) bond motifs is 1. The SMILES string of the molecule is COc1ccc2c(c1)nc(CCl)n2C1CCCC1. The van der Waals surface area contributed by atoms with Gasteiger partial charge in [-0.3, -0.25) is 0 Å². The maximum atomic E-state index is 6.04. The van der Waals surface area contributed by atoms with Crippen LogP contribution in [0.25, 0.3) is 11.0 Å². The molecule has 1 heterocycles. The molecule has 4 heteroatoms. The maximum absolute atomic E-state index is 6.04. The number of nitrogens with zero attached hydrogens (tertiary/aromatic N) is 2. The van der Waals surface area contributed by atoms with Gasteiger partial charge in [-0.2, -0.15) is 0 Å². The summed E-state index contributed by atoms with van der Waals surface area (Å²) in [4.78, 5) is 4.64. The molecule has 3 rings (SSSR count). The number of hydrogen-bond donors (Lipinski definition) is 0. The molecule has 1 aromatic carbocycles. The maximum Gasteiger partial charge on any atom is 0.125 e. The number of benzene rings is 1. The van der Waals surface area contributed by atoms with Gasteiger partial charge in [0.15, 0.2) is 0 Å². The predicted molar refractivity (Wildman–Crippen MR) is 73.3 cm³/mol. The average Bonchev–Trinajstić information content (AvgIpc) is 3.03. The molecule has 0 atom stereocenters. The molecule has 0 radical (unpaired) electrons. The van der Waals surface area contributed by atoms with E-state index in [9.17, 15) is 0 Å². The van der Waals surface area contributed by atoms with E-state index in [1.165, 1.54) is 31.2 Å². The van der Waals surface area contributed by atoms with Gasteiger partial charge < -0.3 is 9.30 Å². The van der Waals surface area contributed by atoms with Crippen LogP contribution in [0.1, 0.15) is 37.5 Å². The minimum Gasteiger partial charge on any atom is -0.497 e. The van der Waals surface area contributed by atoms with Gasteiger partial charge >= 0.3 is 0 Å². The van der Waals surface area contributed by atoms with Crippen LogP contribution in [-0.2, 0) is 5.88 Å². The number of hydrogen-bond acceptors (Lipinski definition) is 2. The van der Waals surface area contributed by atoms with Gasteiger partial charge in [0.25, 0.3) is 0 Å². The van der Waals surface area contributed by atoms with Crippen molar-refractivity contribution in [2.45, 2.75) is 37.6 Å². The number of methoxy groups -OCH3 is 1. The Morgan fingerprint density at radius 3 is 2.83 bits per heavy atom. The second-order valence-corrected chi connectivity index (χ2v) is 5.09. The van der Waals surface area contributed by atoms with Crippen molar-refractivity contribution in [3.63, 3.8) is 0 Å². The Labute approximate surface area is 112 Å². The summed E-state index contributed by atoms with van der Waals surface area (Å²) in [5.41, 5.74) is 2.16. The summed E-state index contributed by atoms with van der Waals surface area (Å²) in [5.74, 6) is 2.29. The first kappa shape index (κ1) is 11.8. The summed E-state index contributed by atoms with van der Waals surface area (Å²) in [6, 6.07) is 6.64. The van der Waals surface area contributed by atoms with Crippen molar-refractivity contribution in [2.24, 2.45) is 0 Å². The summed E-state index contributed by atoms with van der Waals surface area (Å²) in [6.07, 6.45) is 5.09. The van der Waals surface area contributed by atoms with Gasteiger partial charge in [0, 0.05) is 12.1 Å². The highest BCUT2D eigenvalue weighted by Gasteiger charge is 2.22. The molecule has 1 aliphatic carbocycles. The molecule has 0 amide bonds. The first-order chi connectivity index (χ1) is 8.83. The second-order valence-electron chi connectivity index (χ2n) is 4.82. The van der Waals surface area contributed by atoms with Crippen molar-refractivity contribution in [3.8, 4) is 5.75 Å². The van der Waals surface area contributed by atoms with Crippen LogP contribution in [0.15, 0.2) is 18.2 Å². The minimum absolute atomic E-state index is 0.466. The van der Waals surface area contributed by atoms with Crippen LogP contribution >= 0.6 is 11.6 Å². The minimum atomic E-state index is 0.466. The molecule has 3 nitrogen and oxygen atoms in total. The van der Waals surface area contributed by atoms with Crippen molar-refractivity contribution in [2.75, 3.05) is 7.11 Å². The van der Waals surface area contributed by atoms with E-state index in [0.717, 1.165) is 17.1 Å². The van der Waals surface area contributed by atoms with Crippen LogP contribution < -0.4 is 4.74 Å². The van der Waals surface area contributed by atoms with Crippen molar-refractivity contribution >= 4 is 22.6 Å². The van der Waals surface area contributed by atoms with E-state index < -0.39 is 0 Å². The molecule has 1 aromatic heterocycles. The molecule has 0 unspecified atom stereocenters. The highest BCUT2D eigenvalue weighted by atomic mass is 35.5. The Morgan fingerprint density at radius 2 is 2.17 bits per heavy atom. The molecule has 1 saturated carbocycles. The molecule has 18 heavy (non-hydrogen) atoms. The van der Waals surface area contributed by atoms with Crippen LogP contribution in [0.4, 0.5) is 0 Å². The lowest BCUT2D eigenvalue weighted by Crippen LogP contribution is -2.07. The summed E-state index contributed by atoms with van der Waals surface area (Å²) < 4.78 is 7.58. The van der Waals surface area contributed by atoms with E-state index in [1.807, 2.05) is 12.1 Å². The molecule has 0 spiro atoms. The lowest BCUT2D eigenvalue weighted by molar-refractivity contribution is 0.415. The van der Waals surface area contributed by atoms with Crippen molar-refractivity contribution in [1.29, 1.82) is 0 Å². The van der Waals surface area contributed by atoms with Crippen molar-refractivity contribution in [3.05, 3.63) is 24.0 Å². The molecule has 2 aromatic rings. The Kier molecular flexibility index (Phi) is 3.16. The number of ether oxygens (including phenoxy) is 1. The van der Waals surface area contributed by atoms with E-state index >= 15 is 0 Å². The van der Waals surface area contributed by atoms with E-state index in [4.69, 9.17) is 16.3 Å². The van der Waals surface area contributed by atoms with Crippen LogP contribution in [0.5, 0.6) is 5.75 Å². The first-order valence-electron chi connectivity index (χ1n) is 6.44. The summed E-state index contributed by atoms with van der Waals surface area (Å²) >= 11 is 6.04. The van der Waals surface area contributed by atoms with E-state index in [-0.39, 0.29) is 0 Å². The summed E-state index contributed by atoms with van der Waals surface area (Å²) in [5, 5.41) is 0. The summed E-state index contributed by atoms with van der Waals surface area (Å²) in [6.45, 7) is 0. The van der Waals surface area contributed by atoms with Gasteiger partial charge in [-0.05, 0) is 25.0 Å². The second kappa shape index (κ2) is 4.81. The number of alkyl halides is 1. The molecular weight excluding hydrogens is 248 g/mol. The fourth-order valence-corrected chi connectivity index (χ4v) is 3.11. The van der Waals surface area contributed by atoms with E-state index in [2.05, 4.69) is 15.6 Å². The third-order valence-corrected chi connectivity index (χ3v) is 4.02. The van der Waals surface area contributed by atoms with Gasteiger partial charge in [-0.1, -0.05) is 12.8 Å². The molecule has 96 valence electrons. The fraction of sp³-hybridized carbons (Fsp3) is 0.500. The largest absolute Gasteiger partial charge is 0.497 e. The van der Waals surface area contributed by atoms with E-state index in [0.29, 0.717) is 11.9 Å². The zero-order valence-electron chi connectivity index (χ0n) is 10.5. The van der Waals surface area contributed by atoms with Crippen LogP contribution in [-0.4, -0.2) is 16.7 Å². The summed E-state index contributed by atoms with van der Waals surface area (Å²) in [7, 11) is 1.68.